The minimum atomic E-state index is -0.0543. The van der Waals surface area contributed by atoms with Gasteiger partial charge in [0.05, 0.1) is 17.8 Å². The van der Waals surface area contributed by atoms with Crippen molar-refractivity contribution in [3.63, 3.8) is 0 Å². The molecule has 0 unspecified atom stereocenters. The van der Waals surface area contributed by atoms with E-state index in [1.807, 2.05) is 29.2 Å². The molecule has 1 N–H and O–H groups in total. The normalized spacial score (nSPS) is 16.2. The second kappa shape index (κ2) is 7.86. The number of amides is 1. The first-order valence-corrected chi connectivity index (χ1v) is 8.49. The maximum Gasteiger partial charge on any atom is 0.274 e. The summed E-state index contributed by atoms with van der Waals surface area (Å²) in [5.41, 5.74) is 2.18. The highest BCUT2D eigenvalue weighted by molar-refractivity contribution is 5.92. The first-order valence-electron chi connectivity index (χ1n) is 8.49. The van der Waals surface area contributed by atoms with E-state index in [0.717, 1.165) is 18.4 Å². The van der Waals surface area contributed by atoms with Crippen LogP contribution in [0.5, 0.6) is 0 Å². The van der Waals surface area contributed by atoms with E-state index in [1.165, 1.54) is 6.20 Å². The van der Waals surface area contributed by atoms with Gasteiger partial charge in [0.2, 0.25) is 0 Å². The van der Waals surface area contributed by atoms with E-state index in [-0.39, 0.29) is 11.9 Å². The summed E-state index contributed by atoms with van der Waals surface area (Å²) in [5, 5.41) is 12.6. The van der Waals surface area contributed by atoms with Gasteiger partial charge in [0.25, 0.3) is 5.91 Å². The molecule has 6 nitrogen and oxygen atoms in total. The van der Waals surface area contributed by atoms with E-state index < -0.39 is 0 Å². The summed E-state index contributed by atoms with van der Waals surface area (Å²) in [5.74, 6) is -0.0543. The number of likely N-dealkylation sites (tertiary alicyclic amines) is 1. The van der Waals surface area contributed by atoms with Gasteiger partial charge in [-0.3, -0.25) is 9.78 Å². The molecule has 6 heteroatoms. The molecule has 3 rings (SSSR count). The van der Waals surface area contributed by atoms with Gasteiger partial charge in [-0.1, -0.05) is 12.1 Å². The van der Waals surface area contributed by atoms with E-state index in [2.05, 4.69) is 28.3 Å². The zero-order chi connectivity index (χ0) is 17.6. The van der Waals surface area contributed by atoms with E-state index in [4.69, 9.17) is 5.26 Å². The monoisotopic (exact) mass is 335 g/mol. The molecule has 0 bridgehead atoms. The molecular formula is C19H21N5O. The van der Waals surface area contributed by atoms with Crippen molar-refractivity contribution in [3.8, 4) is 6.07 Å². The fraction of sp³-hybridized carbons (Fsp3) is 0.368. The van der Waals surface area contributed by atoms with Gasteiger partial charge < -0.3 is 10.2 Å². The minimum absolute atomic E-state index is 0.0543. The van der Waals surface area contributed by atoms with Crippen LogP contribution in [0.4, 0.5) is 0 Å². The van der Waals surface area contributed by atoms with Crippen LogP contribution >= 0.6 is 0 Å². The Morgan fingerprint density at radius 3 is 2.84 bits per heavy atom. The fourth-order valence-electron chi connectivity index (χ4n) is 3.15. The van der Waals surface area contributed by atoms with Crippen molar-refractivity contribution >= 4 is 5.91 Å². The number of hydrogen-bond acceptors (Lipinski definition) is 5. The van der Waals surface area contributed by atoms with Crippen LogP contribution in [0.2, 0.25) is 0 Å². The number of nitrogens with one attached hydrogen (secondary N) is 1. The topological polar surface area (TPSA) is 81.9 Å². The van der Waals surface area contributed by atoms with Crippen LogP contribution in [-0.2, 0) is 0 Å². The van der Waals surface area contributed by atoms with Crippen LogP contribution in [0.3, 0.4) is 0 Å². The molecule has 1 fully saturated rings. The fourth-order valence-corrected chi connectivity index (χ4v) is 3.15. The Labute approximate surface area is 147 Å². The molecule has 0 aliphatic carbocycles. The van der Waals surface area contributed by atoms with E-state index >= 15 is 0 Å². The Hall–Kier alpha value is -2.78. The molecule has 2 aromatic rings. The Morgan fingerprint density at radius 2 is 2.16 bits per heavy atom. The van der Waals surface area contributed by atoms with Crippen molar-refractivity contribution in [1.29, 1.82) is 5.26 Å². The molecule has 1 aliphatic rings. The first-order chi connectivity index (χ1) is 12.2. The molecular weight excluding hydrogens is 314 g/mol. The third-order valence-electron chi connectivity index (χ3n) is 4.57. The van der Waals surface area contributed by atoms with Gasteiger partial charge in [-0.15, -0.1) is 0 Å². The van der Waals surface area contributed by atoms with Crippen molar-refractivity contribution in [2.45, 2.75) is 31.8 Å². The molecule has 1 saturated heterocycles. The second-order valence-electron chi connectivity index (χ2n) is 6.28. The summed E-state index contributed by atoms with van der Waals surface area (Å²) < 4.78 is 0. The average Bonchev–Trinajstić information content (AvgIpc) is 2.68. The lowest BCUT2D eigenvalue weighted by Gasteiger charge is -2.33. The van der Waals surface area contributed by atoms with E-state index in [1.54, 1.807) is 12.4 Å². The summed E-state index contributed by atoms with van der Waals surface area (Å²) in [6, 6.07) is 10.4. The second-order valence-corrected chi connectivity index (χ2v) is 6.28. The molecule has 1 aromatic heterocycles. The van der Waals surface area contributed by atoms with Crippen LogP contribution < -0.4 is 5.32 Å². The summed E-state index contributed by atoms with van der Waals surface area (Å²) in [6.45, 7) is 3.52. The Balaban J connectivity index is 1.54. The smallest absolute Gasteiger partial charge is 0.274 e. The first kappa shape index (κ1) is 17.1. The summed E-state index contributed by atoms with van der Waals surface area (Å²) >= 11 is 0. The van der Waals surface area contributed by atoms with Gasteiger partial charge in [-0.05, 0) is 37.5 Å². The lowest BCUT2D eigenvalue weighted by atomic mass is 10.0. The quantitative estimate of drug-likeness (QED) is 0.927. The maximum absolute atomic E-state index is 12.4. The van der Waals surface area contributed by atoms with E-state index in [9.17, 15) is 4.79 Å². The molecule has 2 heterocycles. The number of nitriles is 1. The van der Waals surface area contributed by atoms with Gasteiger partial charge in [0.1, 0.15) is 5.69 Å². The summed E-state index contributed by atoms with van der Waals surface area (Å²) in [4.78, 5) is 22.3. The molecule has 1 atom stereocenters. The van der Waals surface area contributed by atoms with Gasteiger partial charge in [-0.25, -0.2) is 4.98 Å². The molecule has 0 radical (unpaired) electrons. The predicted octanol–water partition coefficient (Wildman–Crippen LogP) is 2.30. The van der Waals surface area contributed by atoms with Crippen LogP contribution in [0, 0.1) is 11.3 Å². The molecule has 1 amide bonds. The van der Waals surface area contributed by atoms with Gasteiger partial charge in [0.15, 0.2) is 0 Å². The number of nitrogens with zero attached hydrogens (tertiary/aromatic N) is 4. The highest BCUT2D eigenvalue weighted by atomic mass is 16.2. The maximum atomic E-state index is 12.4. The van der Waals surface area contributed by atoms with Crippen LogP contribution in [-0.4, -0.2) is 39.9 Å². The molecule has 0 saturated carbocycles. The molecule has 25 heavy (non-hydrogen) atoms. The summed E-state index contributed by atoms with van der Waals surface area (Å²) in [6.07, 6.45) is 6.41. The number of piperidine rings is 1. The average molecular weight is 335 g/mol. The number of carbonyl (C=O) groups is 1. The highest BCUT2D eigenvalue weighted by Crippen LogP contribution is 2.19. The lowest BCUT2D eigenvalue weighted by molar-refractivity contribution is 0.0696. The molecule has 1 aromatic carbocycles. The predicted molar refractivity (Wildman–Crippen MR) is 93.7 cm³/mol. The SMILES string of the molecule is C[C@@H](NC1CCN(C(=O)c2cnccn2)CC1)c1cccc(C#N)c1. The zero-order valence-corrected chi connectivity index (χ0v) is 14.2. The number of rotatable bonds is 4. The van der Waals surface area contributed by atoms with Crippen LogP contribution in [0.1, 0.15) is 47.4 Å². The zero-order valence-electron chi connectivity index (χ0n) is 14.2. The van der Waals surface area contributed by atoms with Crippen molar-refractivity contribution in [1.82, 2.24) is 20.2 Å². The van der Waals surface area contributed by atoms with Gasteiger partial charge in [0, 0.05) is 37.6 Å². The van der Waals surface area contributed by atoms with Crippen LogP contribution in [0.25, 0.3) is 0 Å². The largest absolute Gasteiger partial charge is 0.337 e. The molecule has 128 valence electrons. The lowest BCUT2D eigenvalue weighted by Crippen LogP contribution is -2.45. The van der Waals surface area contributed by atoms with Crippen molar-refractivity contribution in [2.75, 3.05) is 13.1 Å². The summed E-state index contributed by atoms with van der Waals surface area (Å²) in [7, 11) is 0. The third kappa shape index (κ3) is 4.20. The Bertz CT molecular complexity index is 763. The number of aromatic nitrogens is 2. The van der Waals surface area contributed by atoms with Gasteiger partial charge in [-0.2, -0.15) is 5.26 Å². The van der Waals surface area contributed by atoms with E-state index in [0.29, 0.717) is 30.4 Å². The van der Waals surface area contributed by atoms with Gasteiger partial charge >= 0.3 is 0 Å². The number of carbonyl (C=O) groups excluding carboxylic acids is 1. The third-order valence-corrected chi connectivity index (χ3v) is 4.57. The van der Waals surface area contributed by atoms with Crippen molar-refractivity contribution in [3.05, 3.63) is 59.7 Å². The number of benzene rings is 1. The highest BCUT2D eigenvalue weighted by Gasteiger charge is 2.25. The number of hydrogen-bond donors (Lipinski definition) is 1. The Morgan fingerprint density at radius 1 is 1.36 bits per heavy atom. The van der Waals surface area contributed by atoms with Crippen LogP contribution in [0.15, 0.2) is 42.9 Å². The standard InChI is InChI=1S/C19H21N5O/c1-14(16-4-2-3-15(11-16)12-20)23-17-5-9-24(10-6-17)19(25)18-13-21-7-8-22-18/h2-4,7-8,11,13-14,17,23H,5-6,9-10H2,1H3/t14-/m1/s1. The minimum Gasteiger partial charge on any atom is -0.337 e. The molecule has 0 spiro atoms. The molecule has 1 aliphatic heterocycles. The van der Waals surface area contributed by atoms with Crippen molar-refractivity contribution in [2.24, 2.45) is 0 Å². The van der Waals surface area contributed by atoms with Crippen molar-refractivity contribution < 1.29 is 4.79 Å². The Kier molecular flexibility index (Phi) is 5.36.